The predicted molar refractivity (Wildman–Crippen MR) is 62.2 cm³/mol. The molecular formula is C11H18N2OS. The molecule has 84 valence electrons. The zero-order valence-electron chi connectivity index (χ0n) is 9.23. The number of nitrogens with zero attached hydrogens (tertiary/aromatic N) is 1. The van der Waals surface area contributed by atoms with Crippen molar-refractivity contribution in [2.45, 2.75) is 44.1 Å². The fourth-order valence-corrected chi connectivity index (χ4v) is 3.25. The smallest absolute Gasteiger partial charge is 0.0953 e. The Morgan fingerprint density at radius 1 is 1.67 bits per heavy atom. The molecular weight excluding hydrogens is 208 g/mol. The number of hydrogen-bond donors (Lipinski definition) is 2. The molecule has 2 rings (SSSR count). The number of rotatable bonds is 3. The molecule has 4 heteroatoms. The van der Waals surface area contributed by atoms with Gasteiger partial charge >= 0.3 is 0 Å². The van der Waals surface area contributed by atoms with E-state index >= 15 is 0 Å². The fourth-order valence-electron chi connectivity index (χ4n) is 2.11. The van der Waals surface area contributed by atoms with Gasteiger partial charge in [0.2, 0.25) is 0 Å². The Morgan fingerprint density at radius 3 is 2.73 bits per heavy atom. The lowest BCUT2D eigenvalue weighted by molar-refractivity contribution is 0.0238. The topological polar surface area (TPSA) is 59.1 Å². The Balaban J connectivity index is 2.21. The number of thiazole rings is 1. The maximum Gasteiger partial charge on any atom is 0.0953 e. The molecule has 1 aromatic rings. The zero-order valence-corrected chi connectivity index (χ0v) is 10.0. The Labute approximate surface area is 94.3 Å². The largest absolute Gasteiger partial charge is 0.393 e. The zero-order chi connectivity index (χ0) is 11.1. The summed E-state index contributed by atoms with van der Waals surface area (Å²) in [6, 6.07) is 0. The summed E-state index contributed by atoms with van der Waals surface area (Å²) < 4.78 is 0. The van der Waals surface area contributed by atoms with Gasteiger partial charge < -0.3 is 10.8 Å². The molecule has 0 amide bonds. The van der Waals surface area contributed by atoms with Crippen molar-refractivity contribution in [3.63, 3.8) is 0 Å². The van der Waals surface area contributed by atoms with Crippen molar-refractivity contribution in [2.24, 2.45) is 5.73 Å². The van der Waals surface area contributed by atoms with Gasteiger partial charge in [-0.25, -0.2) is 4.98 Å². The molecule has 1 aliphatic rings. The highest BCUT2D eigenvalue weighted by Crippen LogP contribution is 2.45. The van der Waals surface area contributed by atoms with Gasteiger partial charge in [0.25, 0.3) is 0 Å². The van der Waals surface area contributed by atoms with E-state index in [1.54, 1.807) is 11.3 Å². The molecule has 0 spiro atoms. The number of aliphatic hydroxyl groups is 1. The monoisotopic (exact) mass is 226 g/mol. The molecule has 1 aromatic heterocycles. The summed E-state index contributed by atoms with van der Waals surface area (Å²) >= 11 is 1.75. The van der Waals surface area contributed by atoms with Gasteiger partial charge in [-0.05, 0) is 12.8 Å². The van der Waals surface area contributed by atoms with E-state index in [0.29, 0.717) is 12.5 Å². The number of hydrogen-bond acceptors (Lipinski definition) is 4. The number of aliphatic hydroxyl groups excluding tert-OH is 1. The van der Waals surface area contributed by atoms with E-state index in [2.05, 4.69) is 18.8 Å². The van der Waals surface area contributed by atoms with Crippen LogP contribution in [0.2, 0.25) is 0 Å². The van der Waals surface area contributed by atoms with Gasteiger partial charge in [0.05, 0.1) is 11.1 Å². The van der Waals surface area contributed by atoms with E-state index in [4.69, 9.17) is 5.73 Å². The van der Waals surface area contributed by atoms with E-state index in [1.165, 1.54) is 9.88 Å². The highest BCUT2D eigenvalue weighted by atomic mass is 32.1. The van der Waals surface area contributed by atoms with E-state index in [0.717, 1.165) is 12.8 Å². The van der Waals surface area contributed by atoms with Crippen LogP contribution in [-0.2, 0) is 5.41 Å². The SMILES string of the molecule is CC(C)c1ncc(C2(CN)CC(O)C2)s1. The minimum absolute atomic E-state index is 0.0181. The first-order valence-corrected chi connectivity index (χ1v) is 6.23. The molecule has 0 unspecified atom stereocenters. The van der Waals surface area contributed by atoms with Crippen LogP contribution >= 0.6 is 11.3 Å². The van der Waals surface area contributed by atoms with Gasteiger partial charge in [-0.1, -0.05) is 13.8 Å². The molecule has 1 aliphatic carbocycles. The minimum atomic E-state index is -0.168. The first kappa shape index (κ1) is 11.0. The van der Waals surface area contributed by atoms with E-state index < -0.39 is 0 Å². The third-order valence-electron chi connectivity index (χ3n) is 3.18. The second-order valence-electron chi connectivity index (χ2n) is 4.76. The van der Waals surface area contributed by atoms with Crippen LogP contribution in [0.25, 0.3) is 0 Å². The average Bonchev–Trinajstić information content (AvgIpc) is 2.61. The van der Waals surface area contributed by atoms with Crippen LogP contribution in [0.5, 0.6) is 0 Å². The molecule has 0 saturated heterocycles. The average molecular weight is 226 g/mol. The summed E-state index contributed by atoms with van der Waals surface area (Å²) in [4.78, 5) is 5.67. The van der Waals surface area contributed by atoms with Crippen molar-refractivity contribution in [3.8, 4) is 0 Å². The summed E-state index contributed by atoms with van der Waals surface area (Å²) in [5.74, 6) is 0.476. The molecule has 3 nitrogen and oxygen atoms in total. The van der Waals surface area contributed by atoms with Crippen molar-refractivity contribution in [1.29, 1.82) is 0 Å². The van der Waals surface area contributed by atoms with E-state index in [1.807, 2.05) is 6.20 Å². The minimum Gasteiger partial charge on any atom is -0.393 e. The lowest BCUT2D eigenvalue weighted by Gasteiger charge is -2.43. The Bertz CT molecular complexity index is 342. The normalized spacial score (nSPS) is 30.6. The van der Waals surface area contributed by atoms with Crippen molar-refractivity contribution in [2.75, 3.05) is 6.54 Å². The van der Waals surface area contributed by atoms with Crippen LogP contribution in [0.3, 0.4) is 0 Å². The lowest BCUT2D eigenvalue weighted by atomic mass is 9.66. The van der Waals surface area contributed by atoms with Gasteiger partial charge in [-0.15, -0.1) is 11.3 Å². The molecule has 1 heterocycles. The van der Waals surface area contributed by atoms with Crippen molar-refractivity contribution in [3.05, 3.63) is 16.1 Å². The van der Waals surface area contributed by atoms with Gasteiger partial charge in [0.1, 0.15) is 0 Å². The van der Waals surface area contributed by atoms with Gasteiger partial charge in [-0.2, -0.15) is 0 Å². The fraction of sp³-hybridized carbons (Fsp3) is 0.727. The standard InChI is InChI=1S/C11H18N2OS/c1-7(2)10-13-5-9(15-10)11(6-12)3-8(14)4-11/h5,7-8,14H,3-4,6,12H2,1-2H3. The summed E-state index contributed by atoms with van der Waals surface area (Å²) in [7, 11) is 0. The molecule has 0 atom stereocenters. The van der Waals surface area contributed by atoms with Gasteiger partial charge in [0, 0.05) is 29.0 Å². The molecule has 3 N–H and O–H groups in total. The summed E-state index contributed by atoms with van der Waals surface area (Å²) in [6.07, 6.45) is 3.36. The van der Waals surface area contributed by atoms with Crippen LogP contribution in [0, 0.1) is 0 Å². The van der Waals surface area contributed by atoms with E-state index in [9.17, 15) is 5.11 Å². The van der Waals surface area contributed by atoms with E-state index in [-0.39, 0.29) is 11.5 Å². The van der Waals surface area contributed by atoms with Crippen LogP contribution in [0.4, 0.5) is 0 Å². The van der Waals surface area contributed by atoms with Crippen molar-refractivity contribution >= 4 is 11.3 Å². The molecule has 15 heavy (non-hydrogen) atoms. The summed E-state index contributed by atoms with van der Waals surface area (Å²) in [6.45, 7) is 4.91. The Morgan fingerprint density at radius 2 is 2.33 bits per heavy atom. The number of aromatic nitrogens is 1. The first-order chi connectivity index (χ1) is 7.07. The quantitative estimate of drug-likeness (QED) is 0.823. The highest BCUT2D eigenvalue weighted by Gasteiger charge is 2.45. The number of nitrogens with two attached hydrogens (primary N) is 1. The maximum absolute atomic E-state index is 9.42. The van der Waals surface area contributed by atoms with Crippen molar-refractivity contribution in [1.82, 2.24) is 4.98 Å². The summed E-state index contributed by atoms with van der Waals surface area (Å²) in [5, 5.41) is 10.6. The molecule has 0 aromatic carbocycles. The van der Waals surface area contributed by atoms with Crippen molar-refractivity contribution < 1.29 is 5.11 Å². The third kappa shape index (κ3) is 1.82. The van der Waals surface area contributed by atoms with Crippen LogP contribution in [0.1, 0.15) is 42.5 Å². The summed E-state index contributed by atoms with van der Waals surface area (Å²) in [5.41, 5.74) is 5.83. The van der Waals surface area contributed by atoms with Crippen LogP contribution in [0.15, 0.2) is 6.20 Å². The van der Waals surface area contributed by atoms with Crippen LogP contribution < -0.4 is 5.73 Å². The first-order valence-electron chi connectivity index (χ1n) is 5.42. The predicted octanol–water partition coefficient (Wildman–Crippen LogP) is 1.62. The Kier molecular flexibility index (Phi) is 2.83. The molecule has 1 fully saturated rings. The maximum atomic E-state index is 9.42. The lowest BCUT2D eigenvalue weighted by Crippen LogP contribution is -2.49. The molecule has 0 radical (unpaired) electrons. The second kappa shape index (κ2) is 3.85. The van der Waals surface area contributed by atoms with Gasteiger partial charge in [-0.3, -0.25) is 0 Å². The van der Waals surface area contributed by atoms with Gasteiger partial charge in [0.15, 0.2) is 0 Å². The highest BCUT2D eigenvalue weighted by molar-refractivity contribution is 7.11. The molecule has 0 aliphatic heterocycles. The molecule has 1 saturated carbocycles. The second-order valence-corrected chi connectivity index (χ2v) is 5.83. The van der Waals surface area contributed by atoms with Crippen LogP contribution in [-0.4, -0.2) is 22.7 Å². The molecule has 0 bridgehead atoms. The Hall–Kier alpha value is -0.450. The third-order valence-corrected chi connectivity index (χ3v) is 4.73.